The fraction of sp³-hybridized carbons (Fsp3) is 0.214. The smallest absolute Gasteiger partial charge is 0.0420 e. The van der Waals surface area contributed by atoms with E-state index in [1.54, 1.807) is 18.0 Å². The number of hydrogen-bond donors (Lipinski definition) is 1. The van der Waals surface area contributed by atoms with E-state index in [-0.39, 0.29) is 6.04 Å². The minimum absolute atomic E-state index is 0.0920. The van der Waals surface area contributed by atoms with Gasteiger partial charge in [0.15, 0.2) is 0 Å². The van der Waals surface area contributed by atoms with E-state index in [2.05, 4.69) is 20.9 Å². The first kappa shape index (κ1) is 14.9. The molecule has 1 unspecified atom stereocenters. The summed E-state index contributed by atoms with van der Waals surface area (Å²) < 4.78 is 0.986. The minimum Gasteiger partial charge on any atom is -0.327 e. The van der Waals surface area contributed by atoms with E-state index < -0.39 is 0 Å². The van der Waals surface area contributed by atoms with Crippen LogP contribution in [-0.2, 0) is 6.42 Å². The Morgan fingerprint density at radius 1 is 1.21 bits per heavy atom. The van der Waals surface area contributed by atoms with Crippen molar-refractivity contribution in [2.45, 2.75) is 17.4 Å². The molecule has 19 heavy (non-hydrogen) atoms. The van der Waals surface area contributed by atoms with Crippen LogP contribution in [0.15, 0.2) is 52.0 Å². The molecule has 1 heterocycles. The van der Waals surface area contributed by atoms with Crippen LogP contribution in [0.3, 0.4) is 0 Å². The van der Waals surface area contributed by atoms with Crippen molar-refractivity contribution in [2.75, 3.05) is 5.75 Å². The van der Waals surface area contributed by atoms with Crippen LogP contribution in [0.2, 0.25) is 5.02 Å². The highest BCUT2D eigenvalue weighted by molar-refractivity contribution is 9.10. The molecule has 0 aliphatic heterocycles. The van der Waals surface area contributed by atoms with Crippen molar-refractivity contribution >= 4 is 39.3 Å². The summed E-state index contributed by atoms with van der Waals surface area (Å²) in [7, 11) is 0. The van der Waals surface area contributed by atoms with Crippen LogP contribution in [0.5, 0.6) is 0 Å². The SMILES string of the molecule is NC(CSc1ccc(Cl)cc1)Cc1ccc(Br)cn1. The molecule has 0 amide bonds. The summed E-state index contributed by atoms with van der Waals surface area (Å²) >= 11 is 11.0. The Hall–Kier alpha value is -0.550. The van der Waals surface area contributed by atoms with E-state index in [1.807, 2.05) is 36.4 Å². The molecule has 0 spiro atoms. The molecule has 5 heteroatoms. The zero-order chi connectivity index (χ0) is 13.7. The maximum Gasteiger partial charge on any atom is 0.0420 e. The maximum absolute atomic E-state index is 6.12. The fourth-order valence-electron chi connectivity index (χ4n) is 1.59. The highest BCUT2D eigenvalue weighted by atomic mass is 79.9. The Morgan fingerprint density at radius 2 is 1.95 bits per heavy atom. The summed E-state index contributed by atoms with van der Waals surface area (Å²) in [5.74, 6) is 0.860. The van der Waals surface area contributed by atoms with Gasteiger partial charge >= 0.3 is 0 Å². The Balaban J connectivity index is 1.82. The molecule has 0 radical (unpaired) electrons. The van der Waals surface area contributed by atoms with Gasteiger partial charge in [0.05, 0.1) is 0 Å². The van der Waals surface area contributed by atoms with Gasteiger partial charge in [-0.2, -0.15) is 0 Å². The second-order valence-corrected chi connectivity index (χ2v) is 6.64. The summed E-state index contributed by atoms with van der Waals surface area (Å²) in [6.07, 6.45) is 2.59. The van der Waals surface area contributed by atoms with E-state index in [0.717, 1.165) is 27.4 Å². The molecule has 0 aliphatic rings. The number of halogens is 2. The molecule has 0 fully saturated rings. The molecular formula is C14H14BrClN2S. The van der Waals surface area contributed by atoms with Gasteiger partial charge in [0, 0.05) is 44.5 Å². The third kappa shape index (κ3) is 5.15. The third-order valence-corrected chi connectivity index (χ3v) is 4.46. The number of pyridine rings is 1. The van der Waals surface area contributed by atoms with Crippen LogP contribution >= 0.6 is 39.3 Å². The molecule has 1 aromatic carbocycles. The normalized spacial score (nSPS) is 12.4. The first-order valence-corrected chi connectivity index (χ1v) is 8.03. The van der Waals surface area contributed by atoms with Gasteiger partial charge in [-0.1, -0.05) is 11.6 Å². The van der Waals surface area contributed by atoms with Gasteiger partial charge in [-0.25, -0.2) is 0 Å². The molecule has 2 N–H and O–H groups in total. The number of rotatable bonds is 5. The number of hydrogen-bond acceptors (Lipinski definition) is 3. The first-order chi connectivity index (χ1) is 9.13. The van der Waals surface area contributed by atoms with Crippen molar-refractivity contribution in [2.24, 2.45) is 5.73 Å². The predicted molar refractivity (Wildman–Crippen MR) is 85.8 cm³/mol. The maximum atomic E-state index is 6.12. The summed E-state index contributed by atoms with van der Waals surface area (Å²) in [4.78, 5) is 5.52. The Labute approximate surface area is 130 Å². The van der Waals surface area contributed by atoms with Gasteiger partial charge < -0.3 is 5.73 Å². The molecule has 100 valence electrons. The second-order valence-electron chi connectivity index (χ2n) is 4.20. The molecule has 2 rings (SSSR count). The van der Waals surface area contributed by atoms with E-state index in [0.29, 0.717) is 0 Å². The monoisotopic (exact) mass is 356 g/mol. The molecule has 1 aromatic heterocycles. The Kier molecular flexibility index (Phi) is 5.70. The molecule has 2 nitrogen and oxygen atoms in total. The zero-order valence-corrected chi connectivity index (χ0v) is 13.4. The lowest BCUT2D eigenvalue weighted by Crippen LogP contribution is -2.25. The van der Waals surface area contributed by atoms with Crippen molar-refractivity contribution in [1.29, 1.82) is 0 Å². The van der Waals surface area contributed by atoms with E-state index in [4.69, 9.17) is 17.3 Å². The molecule has 0 bridgehead atoms. The molecule has 0 saturated carbocycles. The van der Waals surface area contributed by atoms with Crippen LogP contribution in [0.25, 0.3) is 0 Å². The quantitative estimate of drug-likeness (QED) is 0.817. The van der Waals surface area contributed by atoms with Crippen molar-refractivity contribution < 1.29 is 0 Å². The highest BCUT2D eigenvalue weighted by Crippen LogP contribution is 2.21. The number of aromatic nitrogens is 1. The number of benzene rings is 1. The van der Waals surface area contributed by atoms with Gasteiger partial charge in [-0.3, -0.25) is 4.98 Å². The van der Waals surface area contributed by atoms with Gasteiger partial charge in [-0.05, 0) is 52.3 Å². The molecule has 2 aromatic rings. The van der Waals surface area contributed by atoms with Crippen molar-refractivity contribution in [3.8, 4) is 0 Å². The molecule has 0 saturated heterocycles. The minimum atomic E-state index is 0.0920. The van der Waals surface area contributed by atoms with Crippen molar-refractivity contribution in [1.82, 2.24) is 4.98 Å². The number of thioether (sulfide) groups is 1. The van der Waals surface area contributed by atoms with Gasteiger partial charge in [0.2, 0.25) is 0 Å². The first-order valence-electron chi connectivity index (χ1n) is 5.88. The highest BCUT2D eigenvalue weighted by Gasteiger charge is 2.06. The predicted octanol–water partition coefficient (Wildman–Crippen LogP) is 4.16. The lowest BCUT2D eigenvalue weighted by Gasteiger charge is -2.10. The topological polar surface area (TPSA) is 38.9 Å². The Morgan fingerprint density at radius 3 is 2.58 bits per heavy atom. The standard InChI is InChI=1S/C14H14BrClN2S/c15-10-1-4-13(18-8-10)7-12(17)9-19-14-5-2-11(16)3-6-14/h1-6,8,12H,7,9,17H2. The lowest BCUT2D eigenvalue weighted by molar-refractivity contribution is 0.731. The van der Waals surface area contributed by atoms with Crippen LogP contribution in [0.1, 0.15) is 5.69 Å². The summed E-state index contributed by atoms with van der Waals surface area (Å²) in [5.41, 5.74) is 7.14. The molecule has 1 atom stereocenters. The number of nitrogens with two attached hydrogens (primary N) is 1. The average Bonchev–Trinajstić information content (AvgIpc) is 2.41. The van der Waals surface area contributed by atoms with Gasteiger partial charge in [0.25, 0.3) is 0 Å². The van der Waals surface area contributed by atoms with E-state index in [9.17, 15) is 0 Å². The van der Waals surface area contributed by atoms with Gasteiger partial charge in [0.1, 0.15) is 0 Å². The van der Waals surface area contributed by atoms with Crippen molar-refractivity contribution in [3.63, 3.8) is 0 Å². The fourth-order valence-corrected chi connectivity index (χ4v) is 2.80. The summed E-state index contributed by atoms with van der Waals surface area (Å²) in [6.45, 7) is 0. The molecular weight excluding hydrogens is 344 g/mol. The second kappa shape index (κ2) is 7.29. The Bertz CT molecular complexity index is 516. The number of nitrogens with zero attached hydrogens (tertiary/aromatic N) is 1. The van der Waals surface area contributed by atoms with E-state index >= 15 is 0 Å². The molecule has 0 aliphatic carbocycles. The average molecular weight is 358 g/mol. The van der Waals surface area contributed by atoms with Crippen LogP contribution < -0.4 is 5.73 Å². The van der Waals surface area contributed by atoms with Gasteiger partial charge in [-0.15, -0.1) is 11.8 Å². The van der Waals surface area contributed by atoms with Crippen molar-refractivity contribution in [3.05, 3.63) is 57.8 Å². The van der Waals surface area contributed by atoms with Crippen LogP contribution in [0, 0.1) is 0 Å². The zero-order valence-electron chi connectivity index (χ0n) is 10.2. The van der Waals surface area contributed by atoms with Crippen LogP contribution in [-0.4, -0.2) is 16.8 Å². The third-order valence-electron chi connectivity index (χ3n) is 2.54. The summed E-state index contributed by atoms with van der Waals surface area (Å²) in [5, 5.41) is 0.757. The summed E-state index contributed by atoms with van der Waals surface area (Å²) in [6, 6.07) is 11.9. The lowest BCUT2D eigenvalue weighted by atomic mass is 10.2. The van der Waals surface area contributed by atoms with E-state index in [1.165, 1.54) is 4.90 Å². The largest absolute Gasteiger partial charge is 0.327 e. The van der Waals surface area contributed by atoms with Crippen LogP contribution in [0.4, 0.5) is 0 Å².